The predicted octanol–water partition coefficient (Wildman–Crippen LogP) is 1.17. The molecule has 0 aromatic rings. The molecule has 0 fully saturated rings. The number of hydrogen-bond acceptors (Lipinski definition) is 4. The second-order valence-corrected chi connectivity index (χ2v) is 4.64. The van der Waals surface area contributed by atoms with E-state index >= 15 is 0 Å². The van der Waals surface area contributed by atoms with Crippen LogP contribution in [-0.2, 0) is 19.0 Å². The molecular weight excluding hydrogens is 192 g/mol. The van der Waals surface area contributed by atoms with Crippen LogP contribution in [0.2, 0.25) is 0 Å². The lowest BCUT2D eigenvalue weighted by molar-refractivity contribution is 0.0607. The highest BCUT2D eigenvalue weighted by atomic mass is 32.2. The van der Waals surface area contributed by atoms with Crippen LogP contribution in [0, 0.1) is 0 Å². The van der Waals surface area contributed by atoms with Crippen LogP contribution < -0.4 is 0 Å². The molecule has 80 valence electrons. The van der Waals surface area contributed by atoms with E-state index in [2.05, 4.69) is 11.1 Å². The van der Waals surface area contributed by atoms with Gasteiger partial charge in [-0.25, -0.2) is 0 Å². The molecule has 5 heteroatoms. The molecule has 0 aliphatic rings. The quantitative estimate of drug-likeness (QED) is 0.467. The van der Waals surface area contributed by atoms with Crippen molar-refractivity contribution < 1.29 is 17.3 Å². The van der Waals surface area contributed by atoms with E-state index in [-0.39, 0.29) is 0 Å². The van der Waals surface area contributed by atoms with Gasteiger partial charge < -0.3 is 4.74 Å². The molecule has 0 bridgehead atoms. The third kappa shape index (κ3) is 9.79. The molecule has 0 unspecified atom stereocenters. The Bertz CT molecular complexity index is 210. The van der Waals surface area contributed by atoms with Crippen molar-refractivity contribution in [1.82, 2.24) is 0 Å². The fourth-order valence-corrected chi connectivity index (χ4v) is 1.47. The Morgan fingerprint density at radius 3 is 2.46 bits per heavy atom. The zero-order chi connectivity index (χ0) is 10.3. The van der Waals surface area contributed by atoms with E-state index < -0.39 is 16.2 Å². The normalized spacial score (nSPS) is 14.4. The van der Waals surface area contributed by atoms with Crippen LogP contribution in [0.1, 0.15) is 26.7 Å². The number of unbranched alkanes of at least 4 members (excludes halogenated alkanes) is 1. The van der Waals surface area contributed by atoms with Crippen molar-refractivity contribution in [3.63, 3.8) is 0 Å². The van der Waals surface area contributed by atoms with Gasteiger partial charge in [0.1, 0.15) is 0 Å². The van der Waals surface area contributed by atoms with Gasteiger partial charge in [0.2, 0.25) is 0 Å². The Labute approximate surface area is 80.4 Å². The second kappa shape index (κ2) is 6.34. The minimum absolute atomic E-state index is 0.326. The van der Waals surface area contributed by atoms with Gasteiger partial charge in [-0.2, -0.15) is 8.42 Å². The summed E-state index contributed by atoms with van der Waals surface area (Å²) in [4.78, 5) is 0. The molecule has 0 spiro atoms. The summed E-state index contributed by atoms with van der Waals surface area (Å²) < 4.78 is 31.2. The van der Waals surface area contributed by atoms with Crippen molar-refractivity contribution in [2.45, 2.75) is 32.8 Å². The third-order valence-electron chi connectivity index (χ3n) is 1.33. The van der Waals surface area contributed by atoms with Crippen molar-refractivity contribution in [3.8, 4) is 0 Å². The van der Waals surface area contributed by atoms with Crippen molar-refractivity contribution >= 4 is 10.1 Å². The van der Waals surface area contributed by atoms with Crippen LogP contribution in [-0.4, -0.2) is 34.0 Å². The van der Waals surface area contributed by atoms with Crippen molar-refractivity contribution in [3.05, 3.63) is 0 Å². The number of ether oxygens (including phenoxy) is 1. The van der Waals surface area contributed by atoms with Gasteiger partial charge in [-0.05, 0) is 13.3 Å². The first kappa shape index (κ1) is 12.9. The SMILES string of the molecule is CCCCOC[C@H](C)OS(C)(=O)=O. The second-order valence-electron chi connectivity index (χ2n) is 3.04. The molecule has 13 heavy (non-hydrogen) atoms. The maximum absolute atomic E-state index is 10.7. The third-order valence-corrected chi connectivity index (χ3v) is 2.01. The van der Waals surface area contributed by atoms with E-state index in [4.69, 9.17) is 4.74 Å². The molecule has 0 N–H and O–H groups in total. The first-order valence-corrected chi connectivity index (χ1v) is 6.23. The zero-order valence-corrected chi connectivity index (χ0v) is 9.26. The minimum Gasteiger partial charge on any atom is -0.379 e. The van der Waals surface area contributed by atoms with Crippen LogP contribution in [0.4, 0.5) is 0 Å². The molecule has 0 aromatic heterocycles. The average molecular weight is 210 g/mol. The fraction of sp³-hybridized carbons (Fsp3) is 1.00. The molecule has 1 atom stereocenters. The predicted molar refractivity (Wildman–Crippen MR) is 51.1 cm³/mol. The highest BCUT2D eigenvalue weighted by Gasteiger charge is 2.09. The monoisotopic (exact) mass is 210 g/mol. The summed E-state index contributed by atoms with van der Waals surface area (Å²) in [6.07, 6.45) is 2.70. The molecule has 0 saturated carbocycles. The summed E-state index contributed by atoms with van der Waals surface area (Å²) in [6, 6.07) is 0. The first-order chi connectivity index (χ1) is 5.95. The molecule has 4 nitrogen and oxygen atoms in total. The molecule has 0 rings (SSSR count). The Kier molecular flexibility index (Phi) is 6.28. The summed E-state index contributed by atoms with van der Waals surface area (Å²) in [5.74, 6) is 0. The summed E-state index contributed by atoms with van der Waals surface area (Å²) in [5.41, 5.74) is 0. The molecule has 0 heterocycles. The maximum Gasteiger partial charge on any atom is 0.264 e. The van der Waals surface area contributed by atoms with E-state index in [1.165, 1.54) is 0 Å². The van der Waals surface area contributed by atoms with Crippen molar-refractivity contribution in [1.29, 1.82) is 0 Å². The average Bonchev–Trinajstić information content (AvgIpc) is 1.94. The van der Waals surface area contributed by atoms with Gasteiger partial charge in [-0.3, -0.25) is 4.18 Å². The minimum atomic E-state index is -3.35. The van der Waals surface area contributed by atoms with Crippen LogP contribution in [0.15, 0.2) is 0 Å². The topological polar surface area (TPSA) is 52.6 Å². The number of rotatable bonds is 7. The van der Waals surface area contributed by atoms with Crippen LogP contribution in [0.5, 0.6) is 0 Å². The lowest BCUT2D eigenvalue weighted by atomic mass is 10.4. The van der Waals surface area contributed by atoms with E-state index in [9.17, 15) is 8.42 Å². The Hall–Kier alpha value is -0.130. The first-order valence-electron chi connectivity index (χ1n) is 4.41. The standard InChI is InChI=1S/C8H18O4S/c1-4-5-6-11-7-8(2)12-13(3,9)10/h8H,4-7H2,1-3H3/t8-/m0/s1. The van der Waals surface area contributed by atoms with Gasteiger partial charge >= 0.3 is 0 Å². The van der Waals surface area contributed by atoms with E-state index in [1.54, 1.807) is 6.92 Å². The molecule has 0 aliphatic carbocycles. The van der Waals surface area contributed by atoms with E-state index in [1.807, 2.05) is 0 Å². The molecule has 0 radical (unpaired) electrons. The number of hydrogen-bond donors (Lipinski definition) is 0. The van der Waals surface area contributed by atoms with Gasteiger partial charge in [0.15, 0.2) is 0 Å². The molecule has 0 saturated heterocycles. The van der Waals surface area contributed by atoms with Gasteiger partial charge in [0.05, 0.1) is 19.0 Å². The highest BCUT2D eigenvalue weighted by molar-refractivity contribution is 7.86. The smallest absolute Gasteiger partial charge is 0.264 e. The summed E-state index contributed by atoms with van der Waals surface area (Å²) in [6.45, 7) is 4.73. The lowest BCUT2D eigenvalue weighted by Crippen LogP contribution is -2.19. The lowest BCUT2D eigenvalue weighted by Gasteiger charge is -2.10. The fourth-order valence-electron chi connectivity index (χ4n) is 0.822. The van der Waals surface area contributed by atoms with Gasteiger partial charge in [-0.15, -0.1) is 0 Å². The summed E-state index contributed by atoms with van der Waals surface area (Å²) in [7, 11) is -3.35. The van der Waals surface area contributed by atoms with Crippen LogP contribution in [0.25, 0.3) is 0 Å². The highest BCUT2D eigenvalue weighted by Crippen LogP contribution is 1.98. The zero-order valence-electron chi connectivity index (χ0n) is 8.45. The molecule has 0 amide bonds. The Morgan fingerprint density at radius 2 is 2.00 bits per heavy atom. The molecular formula is C8H18O4S. The Balaban J connectivity index is 3.47. The molecule has 0 aromatic carbocycles. The van der Waals surface area contributed by atoms with Gasteiger partial charge in [0.25, 0.3) is 10.1 Å². The maximum atomic E-state index is 10.7. The van der Waals surface area contributed by atoms with Gasteiger partial charge in [0, 0.05) is 6.61 Å². The van der Waals surface area contributed by atoms with Gasteiger partial charge in [-0.1, -0.05) is 13.3 Å². The van der Waals surface area contributed by atoms with Crippen molar-refractivity contribution in [2.24, 2.45) is 0 Å². The largest absolute Gasteiger partial charge is 0.379 e. The molecule has 0 aliphatic heterocycles. The van der Waals surface area contributed by atoms with E-state index in [0.717, 1.165) is 19.1 Å². The van der Waals surface area contributed by atoms with Crippen molar-refractivity contribution in [2.75, 3.05) is 19.5 Å². The Morgan fingerprint density at radius 1 is 1.38 bits per heavy atom. The van der Waals surface area contributed by atoms with Crippen LogP contribution >= 0.6 is 0 Å². The summed E-state index contributed by atoms with van der Waals surface area (Å²) >= 11 is 0. The summed E-state index contributed by atoms with van der Waals surface area (Å²) in [5, 5.41) is 0. The van der Waals surface area contributed by atoms with Crippen LogP contribution in [0.3, 0.4) is 0 Å². The van der Waals surface area contributed by atoms with E-state index in [0.29, 0.717) is 13.2 Å².